The Balaban J connectivity index is 1.83. The lowest BCUT2D eigenvalue weighted by molar-refractivity contribution is -0.116. The summed E-state index contributed by atoms with van der Waals surface area (Å²) in [5.74, 6) is -0.231. The number of carbonyl (C=O) groups is 1. The molecule has 0 heterocycles. The highest BCUT2D eigenvalue weighted by atomic mass is 32.2. The highest BCUT2D eigenvalue weighted by Crippen LogP contribution is 2.28. The Morgan fingerprint density at radius 2 is 1.90 bits per heavy atom. The van der Waals surface area contributed by atoms with Crippen LogP contribution in [0.2, 0.25) is 0 Å². The van der Waals surface area contributed by atoms with Gasteiger partial charge in [-0.3, -0.25) is 4.79 Å². The van der Waals surface area contributed by atoms with Crippen LogP contribution >= 0.6 is 11.8 Å². The predicted octanol–water partition coefficient (Wildman–Crippen LogP) is 4.80. The monoisotopic (exact) mass is 432 g/mol. The van der Waals surface area contributed by atoms with Crippen molar-refractivity contribution in [2.24, 2.45) is 0 Å². The first-order chi connectivity index (χ1) is 13.8. The first kappa shape index (κ1) is 23.2. The molecule has 7 heteroatoms. The van der Waals surface area contributed by atoms with Gasteiger partial charge in [-0.2, -0.15) is 0 Å². The van der Waals surface area contributed by atoms with E-state index in [-0.39, 0.29) is 18.9 Å². The average Bonchev–Trinajstić information content (AvgIpc) is 2.69. The number of amides is 1. The Hall–Kier alpha value is -2.09. The van der Waals surface area contributed by atoms with E-state index in [0.29, 0.717) is 5.25 Å². The smallest absolute Gasteiger partial charge is 0.233 e. The Labute approximate surface area is 178 Å². The van der Waals surface area contributed by atoms with E-state index in [9.17, 15) is 13.2 Å². The normalized spacial score (nSPS) is 12.8. The summed E-state index contributed by atoms with van der Waals surface area (Å²) in [5.41, 5.74) is 2.52. The van der Waals surface area contributed by atoms with Crippen molar-refractivity contribution in [1.29, 1.82) is 0 Å². The summed E-state index contributed by atoms with van der Waals surface area (Å²) in [6.45, 7) is 6.33. The molecule has 29 heavy (non-hydrogen) atoms. The van der Waals surface area contributed by atoms with Crippen molar-refractivity contribution in [3.63, 3.8) is 0 Å². The van der Waals surface area contributed by atoms with E-state index >= 15 is 0 Å². The molecule has 0 radical (unpaired) electrons. The Bertz CT molecular complexity index is 942. The number of benzene rings is 2. The van der Waals surface area contributed by atoms with E-state index in [1.54, 1.807) is 0 Å². The molecule has 2 aromatic carbocycles. The molecule has 0 spiro atoms. The van der Waals surface area contributed by atoms with Gasteiger partial charge in [-0.1, -0.05) is 44.2 Å². The molecule has 0 aliphatic heterocycles. The summed E-state index contributed by atoms with van der Waals surface area (Å²) >= 11 is 1.81. The Kier molecular flexibility index (Phi) is 8.95. The third-order valence-electron chi connectivity index (χ3n) is 4.28. The minimum atomic E-state index is -3.59. The largest absolute Gasteiger partial charge is 0.326 e. The zero-order valence-corrected chi connectivity index (χ0v) is 18.6. The number of rotatable bonds is 10. The number of nitrogens with one attached hydrogen (secondary N) is 2. The fourth-order valence-corrected chi connectivity index (χ4v) is 4.31. The van der Waals surface area contributed by atoms with Crippen molar-refractivity contribution in [2.75, 3.05) is 11.9 Å². The summed E-state index contributed by atoms with van der Waals surface area (Å²) in [4.78, 5) is 13.3. The van der Waals surface area contributed by atoms with Crippen molar-refractivity contribution in [3.8, 4) is 0 Å². The second-order valence-electron chi connectivity index (χ2n) is 6.76. The van der Waals surface area contributed by atoms with Gasteiger partial charge in [0.1, 0.15) is 0 Å². The van der Waals surface area contributed by atoms with Gasteiger partial charge >= 0.3 is 0 Å². The van der Waals surface area contributed by atoms with Crippen LogP contribution in [0.3, 0.4) is 0 Å². The fourth-order valence-electron chi connectivity index (χ4n) is 2.47. The highest BCUT2D eigenvalue weighted by molar-refractivity contribution is 8.00. The molecule has 156 valence electrons. The number of aryl methyl sites for hydroxylation is 1. The maximum Gasteiger partial charge on any atom is 0.233 e. The molecule has 2 N–H and O–H groups in total. The molecule has 0 fully saturated rings. The number of anilines is 1. The third kappa shape index (κ3) is 8.43. The standard InChI is InChI=1S/C22H28N2O3S2/c1-4-18(3)28-20-10-11-21(17(2)16-20)24-22(25)12-14-23-29(26,27)15-13-19-8-6-5-7-9-19/h5-11,13,15-16,18,23H,4,12,14H2,1-3H3,(H,24,25)/b15-13+. The molecule has 0 bridgehead atoms. The van der Waals surface area contributed by atoms with Crippen LogP contribution < -0.4 is 10.0 Å². The predicted molar refractivity (Wildman–Crippen MR) is 122 cm³/mol. The molecule has 1 amide bonds. The van der Waals surface area contributed by atoms with Gasteiger partial charge in [-0.15, -0.1) is 11.8 Å². The molecule has 0 aliphatic carbocycles. The van der Waals surface area contributed by atoms with Crippen LogP contribution in [-0.2, 0) is 14.8 Å². The maximum absolute atomic E-state index is 12.2. The average molecular weight is 433 g/mol. The molecule has 1 atom stereocenters. The Morgan fingerprint density at radius 1 is 1.17 bits per heavy atom. The lowest BCUT2D eigenvalue weighted by Crippen LogP contribution is -2.26. The first-order valence-electron chi connectivity index (χ1n) is 9.59. The van der Waals surface area contributed by atoms with Gasteiger partial charge in [0.2, 0.25) is 15.9 Å². The van der Waals surface area contributed by atoms with Gasteiger partial charge in [0.25, 0.3) is 0 Å². The number of carbonyl (C=O) groups excluding carboxylic acids is 1. The molecule has 0 aliphatic rings. The summed E-state index contributed by atoms with van der Waals surface area (Å²) < 4.78 is 26.5. The lowest BCUT2D eigenvalue weighted by atomic mass is 10.2. The van der Waals surface area contributed by atoms with E-state index in [0.717, 1.165) is 28.6 Å². The maximum atomic E-state index is 12.2. The van der Waals surface area contributed by atoms with Crippen molar-refractivity contribution < 1.29 is 13.2 Å². The summed E-state index contributed by atoms with van der Waals surface area (Å²) in [6.07, 6.45) is 2.67. The molecule has 1 unspecified atom stereocenters. The van der Waals surface area contributed by atoms with Crippen LogP contribution in [0, 0.1) is 6.92 Å². The molecule has 0 saturated heterocycles. The van der Waals surface area contributed by atoms with Gasteiger partial charge in [-0.25, -0.2) is 13.1 Å². The van der Waals surface area contributed by atoms with E-state index in [2.05, 4.69) is 30.0 Å². The molecule has 0 saturated carbocycles. The van der Waals surface area contributed by atoms with Crippen LogP contribution in [0.25, 0.3) is 6.08 Å². The van der Waals surface area contributed by atoms with Crippen molar-refractivity contribution in [3.05, 3.63) is 65.1 Å². The van der Waals surface area contributed by atoms with E-state index in [4.69, 9.17) is 0 Å². The van der Waals surface area contributed by atoms with Crippen LogP contribution in [0.4, 0.5) is 5.69 Å². The summed E-state index contributed by atoms with van der Waals surface area (Å²) in [6, 6.07) is 15.1. The van der Waals surface area contributed by atoms with Crippen LogP contribution in [0.15, 0.2) is 58.8 Å². The van der Waals surface area contributed by atoms with Crippen molar-refractivity contribution in [2.45, 2.75) is 43.8 Å². The van der Waals surface area contributed by atoms with Gasteiger partial charge in [0.05, 0.1) is 0 Å². The Morgan fingerprint density at radius 3 is 2.55 bits per heavy atom. The molecule has 5 nitrogen and oxygen atoms in total. The minimum Gasteiger partial charge on any atom is -0.326 e. The highest BCUT2D eigenvalue weighted by Gasteiger charge is 2.10. The molecular formula is C22H28N2O3S2. The van der Waals surface area contributed by atoms with Gasteiger partial charge in [-0.05, 0) is 48.7 Å². The van der Waals surface area contributed by atoms with E-state index in [1.165, 1.54) is 11.0 Å². The zero-order valence-electron chi connectivity index (χ0n) is 17.0. The lowest BCUT2D eigenvalue weighted by Gasteiger charge is -2.12. The van der Waals surface area contributed by atoms with Crippen molar-refractivity contribution >= 4 is 39.5 Å². The number of hydrogen-bond donors (Lipinski definition) is 2. The molecule has 0 aromatic heterocycles. The first-order valence-corrected chi connectivity index (χ1v) is 12.0. The quantitative estimate of drug-likeness (QED) is 0.529. The fraction of sp³-hybridized carbons (Fsp3) is 0.318. The summed E-state index contributed by atoms with van der Waals surface area (Å²) in [7, 11) is -3.59. The van der Waals surface area contributed by atoms with E-state index < -0.39 is 10.0 Å². The van der Waals surface area contributed by atoms with Gasteiger partial charge in [0, 0.05) is 34.2 Å². The second kappa shape index (κ2) is 11.2. The minimum absolute atomic E-state index is 0.0360. The van der Waals surface area contributed by atoms with Crippen LogP contribution in [0.5, 0.6) is 0 Å². The van der Waals surface area contributed by atoms with Crippen LogP contribution in [0.1, 0.15) is 37.8 Å². The number of hydrogen-bond acceptors (Lipinski definition) is 4. The second-order valence-corrected chi connectivity index (χ2v) is 9.93. The van der Waals surface area contributed by atoms with Crippen molar-refractivity contribution in [1.82, 2.24) is 4.72 Å². The van der Waals surface area contributed by atoms with E-state index in [1.807, 2.05) is 61.2 Å². The summed E-state index contributed by atoms with van der Waals surface area (Å²) in [5, 5.41) is 4.50. The van der Waals surface area contributed by atoms with Crippen LogP contribution in [-0.4, -0.2) is 26.1 Å². The molecular weight excluding hydrogens is 404 g/mol. The van der Waals surface area contributed by atoms with Gasteiger partial charge < -0.3 is 5.32 Å². The molecule has 2 rings (SSSR count). The number of sulfonamides is 1. The number of thioether (sulfide) groups is 1. The molecule has 2 aromatic rings. The topological polar surface area (TPSA) is 75.3 Å². The third-order valence-corrected chi connectivity index (χ3v) is 6.64. The van der Waals surface area contributed by atoms with Gasteiger partial charge in [0.15, 0.2) is 0 Å². The zero-order chi connectivity index (χ0) is 21.3. The SMILES string of the molecule is CCC(C)Sc1ccc(NC(=O)CCNS(=O)(=O)/C=C/c2ccccc2)c(C)c1.